The van der Waals surface area contributed by atoms with Gasteiger partial charge in [0, 0.05) is 12.6 Å². The number of furan rings is 1. The maximum Gasteiger partial charge on any atom is 0.270 e. The summed E-state index contributed by atoms with van der Waals surface area (Å²) in [5.41, 5.74) is 1.85. The topological polar surface area (TPSA) is 69.3 Å². The zero-order valence-corrected chi connectivity index (χ0v) is 14.4. The minimum atomic E-state index is -0.158. The van der Waals surface area contributed by atoms with Gasteiger partial charge in [-0.15, -0.1) is 0 Å². The molecule has 0 bridgehead atoms. The third-order valence-corrected chi connectivity index (χ3v) is 3.85. The van der Waals surface area contributed by atoms with E-state index in [0.717, 1.165) is 24.3 Å². The Morgan fingerprint density at radius 2 is 2.08 bits per heavy atom. The number of ether oxygens (including phenoxy) is 1. The zero-order valence-electron chi connectivity index (χ0n) is 14.4. The summed E-state index contributed by atoms with van der Waals surface area (Å²) in [6.07, 6.45) is 3.55. The van der Waals surface area contributed by atoms with E-state index in [0.29, 0.717) is 23.7 Å². The Bertz CT molecular complexity index is 820. The molecule has 0 atom stereocenters. The van der Waals surface area contributed by atoms with E-state index in [1.165, 1.54) is 0 Å². The molecule has 25 heavy (non-hydrogen) atoms. The van der Waals surface area contributed by atoms with Gasteiger partial charge < -0.3 is 14.5 Å². The normalized spacial score (nSPS) is 10.6. The van der Waals surface area contributed by atoms with Crippen molar-refractivity contribution in [2.75, 3.05) is 13.7 Å². The van der Waals surface area contributed by atoms with Crippen molar-refractivity contribution in [3.63, 3.8) is 0 Å². The number of benzene rings is 1. The van der Waals surface area contributed by atoms with E-state index in [-0.39, 0.29) is 5.91 Å². The van der Waals surface area contributed by atoms with Crippen molar-refractivity contribution < 1.29 is 13.9 Å². The first-order valence-corrected chi connectivity index (χ1v) is 8.29. The van der Waals surface area contributed by atoms with Crippen LogP contribution in [-0.4, -0.2) is 29.3 Å². The lowest BCUT2D eigenvalue weighted by atomic mass is 10.2. The molecule has 2 aromatic heterocycles. The molecule has 6 heteroatoms. The minimum absolute atomic E-state index is 0.158. The quantitative estimate of drug-likeness (QED) is 0.667. The van der Waals surface area contributed by atoms with Gasteiger partial charge in [0.2, 0.25) is 0 Å². The second-order valence-corrected chi connectivity index (χ2v) is 5.61. The molecule has 3 aromatic rings. The number of aromatic nitrogens is 2. The molecule has 0 spiro atoms. The summed E-state index contributed by atoms with van der Waals surface area (Å²) in [5, 5.41) is 7.49. The fraction of sp³-hybridized carbons (Fsp3) is 0.263. The van der Waals surface area contributed by atoms with Crippen molar-refractivity contribution in [2.24, 2.45) is 0 Å². The van der Waals surface area contributed by atoms with Crippen molar-refractivity contribution in [3.05, 3.63) is 54.4 Å². The van der Waals surface area contributed by atoms with E-state index >= 15 is 0 Å². The number of unbranched alkanes of at least 4 members (excludes halogenated alkanes) is 1. The van der Waals surface area contributed by atoms with Gasteiger partial charge in [-0.25, -0.2) is 4.68 Å². The Hall–Kier alpha value is -3.02. The molecule has 1 N–H and O–H groups in total. The van der Waals surface area contributed by atoms with Crippen LogP contribution in [0.4, 0.5) is 0 Å². The van der Waals surface area contributed by atoms with Crippen LogP contribution in [0.25, 0.3) is 17.1 Å². The fourth-order valence-corrected chi connectivity index (χ4v) is 2.48. The van der Waals surface area contributed by atoms with Crippen molar-refractivity contribution in [1.29, 1.82) is 0 Å². The van der Waals surface area contributed by atoms with Crippen LogP contribution in [-0.2, 0) is 0 Å². The molecular weight excluding hydrogens is 318 g/mol. The van der Waals surface area contributed by atoms with Crippen molar-refractivity contribution in [3.8, 4) is 22.9 Å². The van der Waals surface area contributed by atoms with E-state index in [1.54, 1.807) is 30.2 Å². The smallest absolute Gasteiger partial charge is 0.270 e. The minimum Gasteiger partial charge on any atom is -0.497 e. The lowest BCUT2D eigenvalue weighted by molar-refractivity contribution is 0.0945. The van der Waals surface area contributed by atoms with Crippen LogP contribution in [0.5, 0.6) is 5.75 Å². The summed E-state index contributed by atoms with van der Waals surface area (Å²) in [4.78, 5) is 12.6. The third kappa shape index (κ3) is 3.74. The van der Waals surface area contributed by atoms with Gasteiger partial charge in [0.05, 0.1) is 19.1 Å². The van der Waals surface area contributed by atoms with Gasteiger partial charge in [0.25, 0.3) is 5.91 Å². The van der Waals surface area contributed by atoms with Gasteiger partial charge in [-0.05, 0) is 42.8 Å². The first-order chi connectivity index (χ1) is 12.2. The lowest BCUT2D eigenvalue weighted by Gasteiger charge is -2.08. The predicted molar refractivity (Wildman–Crippen MR) is 95.1 cm³/mol. The average molecular weight is 339 g/mol. The van der Waals surface area contributed by atoms with Crippen molar-refractivity contribution >= 4 is 5.91 Å². The monoisotopic (exact) mass is 339 g/mol. The largest absolute Gasteiger partial charge is 0.497 e. The van der Waals surface area contributed by atoms with E-state index in [4.69, 9.17) is 9.15 Å². The first-order valence-electron chi connectivity index (χ1n) is 8.29. The summed E-state index contributed by atoms with van der Waals surface area (Å²) in [6, 6.07) is 12.7. The maximum absolute atomic E-state index is 12.6. The van der Waals surface area contributed by atoms with Crippen LogP contribution in [0, 0.1) is 0 Å². The van der Waals surface area contributed by atoms with E-state index < -0.39 is 0 Å². The molecule has 0 unspecified atom stereocenters. The summed E-state index contributed by atoms with van der Waals surface area (Å²) in [7, 11) is 1.62. The number of nitrogens with one attached hydrogen (secondary N) is 1. The molecule has 0 fully saturated rings. The van der Waals surface area contributed by atoms with Crippen LogP contribution >= 0.6 is 0 Å². The van der Waals surface area contributed by atoms with Crippen LogP contribution < -0.4 is 10.1 Å². The van der Waals surface area contributed by atoms with Crippen LogP contribution in [0.3, 0.4) is 0 Å². The summed E-state index contributed by atoms with van der Waals surface area (Å²) in [6.45, 7) is 2.72. The maximum atomic E-state index is 12.6. The highest BCUT2D eigenvalue weighted by atomic mass is 16.5. The van der Waals surface area contributed by atoms with Crippen LogP contribution in [0.15, 0.2) is 53.1 Å². The fourth-order valence-electron chi connectivity index (χ4n) is 2.48. The number of carbonyl (C=O) groups is 1. The predicted octanol–water partition coefficient (Wildman–Crippen LogP) is 3.67. The van der Waals surface area contributed by atoms with Crippen LogP contribution in [0.2, 0.25) is 0 Å². The highest BCUT2D eigenvalue weighted by molar-refractivity contribution is 5.94. The molecule has 0 radical (unpaired) electrons. The summed E-state index contributed by atoms with van der Waals surface area (Å²) < 4.78 is 12.2. The molecule has 130 valence electrons. The highest BCUT2D eigenvalue weighted by Crippen LogP contribution is 2.23. The van der Waals surface area contributed by atoms with Gasteiger partial charge >= 0.3 is 0 Å². The van der Waals surface area contributed by atoms with E-state index in [9.17, 15) is 4.79 Å². The van der Waals surface area contributed by atoms with Gasteiger partial charge in [0.15, 0.2) is 5.76 Å². The van der Waals surface area contributed by atoms with Gasteiger partial charge in [-0.1, -0.05) is 13.3 Å². The molecule has 2 heterocycles. The summed E-state index contributed by atoms with van der Waals surface area (Å²) >= 11 is 0. The molecule has 0 aliphatic heterocycles. The standard InChI is InChI=1S/C19H21N3O3/c1-3-4-11-20-19(23)17-13-16(18-6-5-12-25-18)21-22(17)14-7-9-15(24-2)10-8-14/h5-10,12-13H,3-4,11H2,1-2H3,(H,20,23). The molecule has 1 aromatic carbocycles. The van der Waals surface area contributed by atoms with Crippen LogP contribution in [0.1, 0.15) is 30.3 Å². The number of amides is 1. The number of carbonyl (C=O) groups excluding carboxylic acids is 1. The Morgan fingerprint density at radius 1 is 1.28 bits per heavy atom. The SMILES string of the molecule is CCCCNC(=O)c1cc(-c2ccco2)nn1-c1ccc(OC)cc1. The van der Waals surface area contributed by atoms with E-state index in [1.807, 2.05) is 30.3 Å². The van der Waals surface area contributed by atoms with Gasteiger partial charge in [-0.2, -0.15) is 5.10 Å². The molecule has 0 aliphatic rings. The number of rotatable bonds is 7. The molecular formula is C19H21N3O3. The Kier molecular flexibility index (Phi) is 5.18. The van der Waals surface area contributed by atoms with Gasteiger partial charge in [-0.3, -0.25) is 4.79 Å². The third-order valence-electron chi connectivity index (χ3n) is 3.85. The molecule has 3 rings (SSSR count). The molecule has 0 saturated carbocycles. The van der Waals surface area contributed by atoms with E-state index in [2.05, 4.69) is 17.3 Å². The molecule has 0 aliphatic carbocycles. The average Bonchev–Trinajstić information content (AvgIpc) is 3.31. The second kappa shape index (κ2) is 7.70. The molecule has 0 saturated heterocycles. The van der Waals surface area contributed by atoms with Crippen molar-refractivity contribution in [1.82, 2.24) is 15.1 Å². The Balaban J connectivity index is 1.97. The highest BCUT2D eigenvalue weighted by Gasteiger charge is 2.18. The van der Waals surface area contributed by atoms with Crippen molar-refractivity contribution in [2.45, 2.75) is 19.8 Å². The number of hydrogen-bond acceptors (Lipinski definition) is 4. The Morgan fingerprint density at radius 3 is 2.72 bits per heavy atom. The Labute approximate surface area is 146 Å². The number of hydrogen-bond donors (Lipinski definition) is 1. The van der Waals surface area contributed by atoms with Gasteiger partial charge in [0.1, 0.15) is 17.1 Å². The molecule has 1 amide bonds. The first kappa shape index (κ1) is 16.8. The molecule has 6 nitrogen and oxygen atoms in total. The lowest BCUT2D eigenvalue weighted by Crippen LogP contribution is -2.26. The number of nitrogens with zero attached hydrogens (tertiary/aromatic N) is 2. The number of methoxy groups -OCH3 is 1. The summed E-state index contributed by atoms with van der Waals surface area (Å²) in [5.74, 6) is 1.21. The second-order valence-electron chi connectivity index (χ2n) is 5.61. The zero-order chi connectivity index (χ0) is 17.6.